The molecule has 0 spiro atoms. The van der Waals surface area contributed by atoms with Crippen LogP contribution in [0.5, 0.6) is 0 Å². The molecular weight excluding hydrogens is 312 g/mol. The predicted octanol–water partition coefficient (Wildman–Crippen LogP) is 7.12. The van der Waals surface area contributed by atoms with Gasteiger partial charge in [0, 0.05) is 5.02 Å². The van der Waals surface area contributed by atoms with E-state index in [1.54, 1.807) is 0 Å². The van der Waals surface area contributed by atoms with E-state index in [0.29, 0.717) is 0 Å². The van der Waals surface area contributed by atoms with Crippen LogP contribution in [0.1, 0.15) is 45.2 Å². The molecule has 0 bridgehead atoms. The zero-order valence-corrected chi connectivity index (χ0v) is 15.5. The van der Waals surface area contributed by atoms with Crippen molar-refractivity contribution in [2.45, 2.75) is 44.9 Å². The molecule has 0 unspecified atom stereocenters. The summed E-state index contributed by atoms with van der Waals surface area (Å²) >= 11 is 6.16. The molecule has 24 heavy (non-hydrogen) atoms. The molecule has 0 saturated carbocycles. The van der Waals surface area contributed by atoms with Crippen molar-refractivity contribution in [3.63, 3.8) is 0 Å². The fourth-order valence-electron chi connectivity index (χ4n) is 4.57. The SMILES string of the molecule is CC1(C)CC(C)(C)c2cc(-c3ccc4ccc(Cl)cc4c3)ccc21. The van der Waals surface area contributed by atoms with Gasteiger partial charge in [-0.3, -0.25) is 0 Å². The first-order valence-corrected chi connectivity index (χ1v) is 8.99. The van der Waals surface area contributed by atoms with Gasteiger partial charge in [0.15, 0.2) is 0 Å². The molecule has 0 amide bonds. The number of benzene rings is 3. The summed E-state index contributed by atoms with van der Waals surface area (Å²) in [4.78, 5) is 0. The van der Waals surface area contributed by atoms with E-state index in [-0.39, 0.29) is 10.8 Å². The molecule has 0 aliphatic heterocycles. The van der Waals surface area contributed by atoms with Gasteiger partial charge in [-0.15, -0.1) is 0 Å². The predicted molar refractivity (Wildman–Crippen MR) is 105 cm³/mol. The van der Waals surface area contributed by atoms with Crippen LogP contribution in [0.4, 0.5) is 0 Å². The highest BCUT2D eigenvalue weighted by molar-refractivity contribution is 6.31. The van der Waals surface area contributed by atoms with E-state index in [2.05, 4.69) is 70.2 Å². The number of fused-ring (bicyclic) bond motifs is 2. The molecule has 1 aliphatic rings. The number of halogens is 1. The van der Waals surface area contributed by atoms with Crippen LogP contribution in [0.2, 0.25) is 5.02 Å². The van der Waals surface area contributed by atoms with Gasteiger partial charge in [-0.2, -0.15) is 0 Å². The summed E-state index contributed by atoms with van der Waals surface area (Å²) in [7, 11) is 0. The summed E-state index contributed by atoms with van der Waals surface area (Å²) in [5.74, 6) is 0. The molecule has 0 N–H and O–H groups in total. The summed E-state index contributed by atoms with van der Waals surface area (Å²) in [6.07, 6.45) is 1.20. The maximum atomic E-state index is 6.16. The Bertz CT molecular complexity index is 947. The second-order valence-electron chi connectivity index (χ2n) is 8.41. The maximum Gasteiger partial charge on any atom is 0.0412 e. The third-order valence-electron chi connectivity index (χ3n) is 5.50. The van der Waals surface area contributed by atoms with E-state index in [1.165, 1.54) is 39.4 Å². The lowest BCUT2D eigenvalue weighted by atomic mass is 9.82. The van der Waals surface area contributed by atoms with E-state index >= 15 is 0 Å². The smallest absolute Gasteiger partial charge is 0.0412 e. The maximum absolute atomic E-state index is 6.16. The zero-order valence-electron chi connectivity index (χ0n) is 14.8. The van der Waals surface area contributed by atoms with E-state index in [0.717, 1.165) is 5.02 Å². The van der Waals surface area contributed by atoms with Gasteiger partial charge in [-0.25, -0.2) is 0 Å². The first-order chi connectivity index (χ1) is 11.3. The molecule has 0 atom stereocenters. The Morgan fingerprint density at radius 1 is 0.667 bits per heavy atom. The minimum atomic E-state index is 0.231. The fraction of sp³-hybridized carbons (Fsp3) is 0.304. The second kappa shape index (κ2) is 5.10. The summed E-state index contributed by atoms with van der Waals surface area (Å²) in [6.45, 7) is 9.45. The van der Waals surface area contributed by atoms with Crippen LogP contribution in [0.25, 0.3) is 21.9 Å². The van der Waals surface area contributed by atoms with Crippen LogP contribution in [0.15, 0.2) is 54.6 Å². The zero-order chi connectivity index (χ0) is 17.1. The lowest BCUT2D eigenvalue weighted by Crippen LogP contribution is -2.17. The Kier molecular flexibility index (Phi) is 3.34. The molecular formula is C23H23Cl. The lowest BCUT2D eigenvalue weighted by Gasteiger charge is -2.22. The Balaban J connectivity index is 1.87. The molecule has 122 valence electrons. The molecule has 1 heteroatoms. The molecule has 0 aromatic heterocycles. The van der Waals surface area contributed by atoms with Crippen molar-refractivity contribution in [3.8, 4) is 11.1 Å². The highest BCUT2D eigenvalue weighted by atomic mass is 35.5. The van der Waals surface area contributed by atoms with Crippen molar-refractivity contribution >= 4 is 22.4 Å². The monoisotopic (exact) mass is 334 g/mol. The molecule has 4 rings (SSSR count). The van der Waals surface area contributed by atoms with Crippen molar-refractivity contribution in [1.82, 2.24) is 0 Å². The number of rotatable bonds is 1. The van der Waals surface area contributed by atoms with Gasteiger partial charge in [0.1, 0.15) is 0 Å². The lowest BCUT2D eigenvalue weighted by molar-refractivity contribution is 0.403. The van der Waals surface area contributed by atoms with E-state index in [9.17, 15) is 0 Å². The Morgan fingerprint density at radius 2 is 1.29 bits per heavy atom. The normalized spacial score (nSPS) is 17.9. The minimum absolute atomic E-state index is 0.231. The van der Waals surface area contributed by atoms with Crippen molar-refractivity contribution < 1.29 is 0 Å². The van der Waals surface area contributed by atoms with Crippen LogP contribution in [0, 0.1) is 0 Å². The Hall–Kier alpha value is -1.79. The molecule has 0 nitrogen and oxygen atoms in total. The summed E-state index contributed by atoms with van der Waals surface area (Å²) < 4.78 is 0. The Morgan fingerprint density at radius 3 is 2.08 bits per heavy atom. The van der Waals surface area contributed by atoms with E-state index < -0.39 is 0 Å². The van der Waals surface area contributed by atoms with Crippen LogP contribution in [0.3, 0.4) is 0 Å². The molecule has 0 heterocycles. The first kappa shape index (κ1) is 15.7. The van der Waals surface area contributed by atoms with Crippen molar-refractivity contribution in [2.24, 2.45) is 0 Å². The molecule has 3 aromatic rings. The molecule has 0 saturated heterocycles. The summed E-state index contributed by atoms with van der Waals surface area (Å²) in [5, 5.41) is 3.21. The third kappa shape index (κ3) is 2.45. The average molecular weight is 335 g/mol. The molecule has 3 aromatic carbocycles. The topological polar surface area (TPSA) is 0 Å². The fourth-order valence-corrected chi connectivity index (χ4v) is 4.75. The van der Waals surface area contributed by atoms with Crippen LogP contribution in [-0.4, -0.2) is 0 Å². The van der Waals surface area contributed by atoms with Crippen molar-refractivity contribution in [2.75, 3.05) is 0 Å². The van der Waals surface area contributed by atoms with Gasteiger partial charge < -0.3 is 0 Å². The van der Waals surface area contributed by atoms with Crippen LogP contribution >= 0.6 is 11.6 Å². The minimum Gasteiger partial charge on any atom is -0.0843 e. The molecule has 1 aliphatic carbocycles. The average Bonchev–Trinajstić information content (AvgIpc) is 2.71. The quantitative estimate of drug-likeness (QED) is 0.444. The van der Waals surface area contributed by atoms with E-state index in [4.69, 9.17) is 11.6 Å². The van der Waals surface area contributed by atoms with Gasteiger partial charge >= 0.3 is 0 Å². The summed E-state index contributed by atoms with van der Waals surface area (Å²) in [5.41, 5.74) is 6.04. The van der Waals surface area contributed by atoms with E-state index in [1.807, 2.05) is 12.1 Å². The Labute approximate surface area is 149 Å². The van der Waals surface area contributed by atoms with Crippen LogP contribution in [-0.2, 0) is 10.8 Å². The first-order valence-electron chi connectivity index (χ1n) is 8.61. The largest absolute Gasteiger partial charge is 0.0843 e. The van der Waals surface area contributed by atoms with Crippen molar-refractivity contribution in [1.29, 1.82) is 0 Å². The molecule has 0 fully saturated rings. The highest BCUT2D eigenvalue weighted by Crippen LogP contribution is 2.50. The second-order valence-corrected chi connectivity index (χ2v) is 8.85. The molecule has 0 radical (unpaired) electrons. The van der Waals surface area contributed by atoms with Gasteiger partial charge in [0.2, 0.25) is 0 Å². The highest BCUT2D eigenvalue weighted by Gasteiger charge is 2.41. The third-order valence-corrected chi connectivity index (χ3v) is 5.73. The van der Waals surface area contributed by atoms with Gasteiger partial charge in [0.05, 0.1) is 0 Å². The van der Waals surface area contributed by atoms with Gasteiger partial charge in [0.25, 0.3) is 0 Å². The standard InChI is InChI=1S/C23H23Cl/c1-22(2)14-23(3,4)21-13-17(8-10-20(21)22)16-6-5-15-7-9-19(24)12-18(15)11-16/h5-13H,14H2,1-4H3. The van der Waals surface area contributed by atoms with Gasteiger partial charge in [-0.05, 0) is 68.5 Å². The summed E-state index contributed by atoms with van der Waals surface area (Å²) in [6, 6.07) is 19.7. The number of hydrogen-bond donors (Lipinski definition) is 0. The van der Waals surface area contributed by atoms with Crippen LogP contribution < -0.4 is 0 Å². The van der Waals surface area contributed by atoms with Gasteiger partial charge in [-0.1, -0.05) is 75.7 Å². The van der Waals surface area contributed by atoms with Crippen molar-refractivity contribution in [3.05, 3.63) is 70.7 Å². The number of hydrogen-bond acceptors (Lipinski definition) is 0.